The predicted octanol–water partition coefficient (Wildman–Crippen LogP) is 2.32. The molecule has 112 valence electrons. The molecule has 1 fully saturated rings. The number of nitrogens with one attached hydrogen (secondary N) is 2. The summed E-state index contributed by atoms with van der Waals surface area (Å²) in [5.41, 5.74) is 0.941. The predicted molar refractivity (Wildman–Crippen MR) is 83.0 cm³/mol. The normalized spacial score (nSPS) is 18.0. The number of carbonyl (C=O) groups excluding carboxylic acids is 1. The molecule has 1 atom stereocenters. The third-order valence-electron chi connectivity index (χ3n) is 3.16. The number of amides is 1. The molecule has 6 heteroatoms. The minimum absolute atomic E-state index is 0. The maximum absolute atomic E-state index is 11.7. The molecule has 1 aromatic rings. The largest absolute Gasteiger partial charge is 0.484 e. The molecule has 0 saturated carbocycles. The fourth-order valence-electron chi connectivity index (χ4n) is 2.10. The van der Waals surface area contributed by atoms with Gasteiger partial charge in [-0.1, -0.05) is 11.6 Å². The molecular formula is C14H20Cl2N2O2. The van der Waals surface area contributed by atoms with E-state index in [1.807, 2.05) is 13.0 Å². The lowest BCUT2D eigenvalue weighted by atomic mass is 10.1. The second-order valence-electron chi connectivity index (χ2n) is 4.81. The number of piperidine rings is 1. The minimum Gasteiger partial charge on any atom is -0.484 e. The molecule has 20 heavy (non-hydrogen) atoms. The van der Waals surface area contributed by atoms with Gasteiger partial charge in [-0.05, 0) is 50.1 Å². The van der Waals surface area contributed by atoms with Gasteiger partial charge in [-0.2, -0.15) is 0 Å². The quantitative estimate of drug-likeness (QED) is 0.895. The highest BCUT2D eigenvalue weighted by Crippen LogP contribution is 2.20. The van der Waals surface area contributed by atoms with Gasteiger partial charge in [-0.15, -0.1) is 12.4 Å². The lowest BCUT2D eigenvalue weighted by Crippen LogP contribution is -2.46. The SMILES string of the molecule is Cc1cc(OCC(=O)NC2CCCNC2)ccc1Cl.Cl. The number of aryl methyl sites for hydroxylation is 1. The molecule has 1 aliphatic heterocycles. The molecule has 0 bridgehead atoms. The Balaban J connectivity index is 0.00000200. The lowest BCUT2D eigenvalue weighted by molar-refractivity contribution is -0.123. The Labute approximate surface area is 130 Å². The molecular weight excluding hydrogens is 299 g/mol. The van der Waals surface area contributed by atoms with E-state index in [1.54, 1.807) is 12.1 Å². The summed E-state index contributed by atoms with van der Waals surface area (Å²) in [6.45, 7) is 3.82. The Morgan fingerprint density at radius 1 is 1.55 bits per heavy atom. The number of halogens is 2. The van der Waals surface area contributed by atoms with Gasteiger partial charge in [0.05, 0.1) is 0 Å². The fourth-order valence-corrected chi connectivity index (χ4v) is 2.22. The van der Waals surface area contributed by atoms with Gasteiger partial charge in [0.1, 0.15) is 5.75 Å². The first-order chi connectivity index (χ1) is 9.15. The van der Waals surface area contributed by atoms with Gasteiger partial charge in [0.15, 0.2) is 6.61 Å². The average molecular weight is 319 g/mol. The molecule has 2 N–H and O–H groups in total. The highest BCUT2D eigenvalue weighted by atomic mass is 35.5. The van der Waals surface area contributed by atoms with Crippen molar-refractivity contribution in [3.8, 4) is 5.75 Å². The Morgan fingerprint density at radius 3 is 3.00 bits per heavy atom. The molecule has 4 nitrogen and oxygen atoms in total. The highest BCUT2D eigenvalue weighted by molar-refractivity contribution is 6.31. The van der Waals surface area contributed by atoms with E-state index in [0.717, 1.165) is 31.5 Å². The van der Waals surface area contributed by atoms with Crippen LogP contribution in [0.1, 0.15) is 18.4 Å². The first-order valence-electron chi connectivity index (χ1n) is 6.54. The molecule has 1 aliphatic rings. The van der Waals surface area contributed by atoms with E-state index in [0.29, 0.717) is 10.8 Å². The molecule has 0 aromatic heterocycles. The molecule has 0 radical (unpaired) electrons. The number of hydrogen-bond acceptors (Lipinski definition) is 3. The van der Waals surface area contributed by atoms with Crippen LogP contribution >= 0.6 is 24.0 Å². The number of carbonyl (C=O) groups is 1. The summed E-state index contributed by atoms with van der Waals surface area (Å²) in [5, 5.41) is 6.92. The average Bonchev–Trinajstić information content (AvgIpc) is 2.41. The Morgan fingerprint density at radius 2 is 2.35 bits per heavy atom. The maximum atomic E-state index is 11.7. The molecule has 1 heterocycles. The minimum atomic E-state index is -0.0821. The van der Waals surface area contributed by atoms with Crippen LogP contribution in [0, 0.1) is 6.92 Å². The van der Waals surface area contributed by atoms with Crippen LogP contribution in [0.4, 0.5) is 0 Å². The van der Waals surface area contributed by atoms with E-state index in [9.17, 15) is 4.79 Å². The summed E-state index contributed by atoms with van der Waals surface area (Å²) >= 11 is 5.93. The van der Waals surface area contributed by atoms with Gasteiger partial charge < -0.3 is 15.4 Å². The number of ether oxygens (including phenoxy) is 1. The Hall–Kier alpha value is -0.970. The van der Waals surface area contributed by atoms with Gasteiger partial charge >= 0.3 is 0 Å². The van der Waals surface area contributed by atoms with Crippen molar-refractivity contribution in [2.75, 3.05) is 19.7 Å². The summed E-state index contributed by atoms with van der Waals surface area (Å²) in [7, 11) is 0. The van der Waals surface area contributed by atoms with Crippen molar-refractivity contribution in [3.05, 3.63) is 28.8 Å². The molecule has 2 rings (SSSR count). The van der Waals surface area contributed by atoms with Crippen LogP contribution < -0.4 is 15.4 Å². The van der Waals surface area contributed by atoms with Gasteiger partial charge in [-0.25, -0.2) is 0 Å². The van der Waals surface area contributed by atoms with Crippen molar-refractivity contribution < 1.29 is 9.53 Å². The summed E-state index contributed by atoms with van der Waals surface area (Å²) < 4.78 is 5.45. The number of benzene rings is 1. The van der Waals surface area contributed by atoms with E-state index in [-0.39, 0.29) is 31.0 Å². The molecule has 0 spiro atoms. The van der Waals surface area contributed by atoms with Crippen LogP contribution in [0.25, 0.3) is 0 Å². The van der Waals surface area contributed by atoms with E-state index < -0.39 is 0 Å². The fraction of sp³-hybridized carbons (Fsp3) is 0.500. The molecule has 0 aliphatic carbocycles. The van der Waals surface area contributed by atoms with Crippen LogP contribution in [0.5, 0.6) is 5.75 Å². The lowest BCUT2D eigenvalue weighted by Gasteiger charge is -2.23. The monoisotopic (exact) mass is 318 g/mol. The Kier molecular flexibility index (Phi) is 7.13. The second-order valence-corrected chi connectivity index (χ2v) is 5.22. The van der Waals surface area contributed by atoms with Crippen LogP contribution in [0.2, 0.25) is 5.02 Å². The molecule has 1 unspecified atom stereocenters. The molecule has 1 saturated heterocycles. The van der Waals surface area contributed by atoms with E-state index in [4.69, 9.17) is 16.3 Å². The summed E-state index contributed by atoms with van der Waals surface area (Å²) in [5.74, 6) is 0.583. The number of rotatable bonds is 4. The van der Waals surface area contributed by atoms with Crippen LogP contribution in [-0.4, -0.2) is 31.6 Å². The first kappa shape index (κ1) is 17.1. The zero-order valence-corrected chi connectivity index (χ0v) is 13.0. The van der Waals surface area contributed by atoms with Crippen LogP contribution in [0.15, 0.2) is 18.2 Å². The summed E-state index contributed by atoms with van der Waals surface area (Å²) in [4.78, 5) is 11.7. The van der Waals surface area contributed by atoms with Gasteiger partial charge in [0, 0.05) is 17.6 Å². The smallest absolute Gasteiger partial charge is 0.258 e. The standard InChI is InChI=1S/C14H19ClN2O2.ClH/c1-10-7-12(4-5-13(10)15)19-9-14(18)17-11-3-2-6-16-8-11;/h4-5,7,11,16H,2-3,6,8-9H2,1H3,(H,17,18);1H. The third kappa shape index (κ3) is 5.19. The van der Waals surface area contributed by atoms with Gasteiger partial charge in [-0.3, -0.25) is 4.79 Å². The zero-order chi connectivity index (χ0) is 13.7. The van der Waals surface area contributed by atoms with Crippen molar-refractivity contribution in [1.82, 2.24) is 10.6 Å². The Bertz CT molecular complexity index is 449. The summed E-state index contributed by atoms with van der Waals surface area (Å²) in [6, 6.07) is 5.59. The third-order valence-corrected chi connectivity index (χ3v) is 3.59. The van der Waals surface area contributed by atoms with Gasteiger partial charge in [0.2, 0.25) is 0 Å². The zero-order valence-electron chi connectivity index (χ0n) is 11.4. The first-order valence-corrected chi connectivity index (χ1v) is 6.92. The van der Waals surface area contributed by atoms with Crippen molar-refractivity contribution in [3.63, 3.8) is 0 Å². The topological polar surface area (TPSA) is 50.4 Å². The van der Waals surface area contributed by atoms with Crippen molar-refractivity contribution >= 4 is 29.9 Å². The van der Waals surface area contributed by atoms with E-state index >= 15 is 0 Å². The van der Waals surface area contributed by atoms with Crippen molar-refractivity contribution in [2.24, 2.45) is 0 Å². The maximum Gasteiger partial charge on any atom is 0.258 e. The molecule has 1 aromatic carbocycles. The van der Waals surface area contributed by atoms with E-state index in [1.165, 1.54) is 0 Å². The van der Waals surface area contributed by atoms with Crippen molar-refractivity contribution in [2.45, 2.75) is 25.8 Å². The van der Waals surface area contributed by atoms with Crippen LogP contribution in [-0.2, 0) is 4.79 Å². The highest BCUT2D eigenvalue weighted by Gasteiger charge is 2.15. The van der Waals surface area contributed by atoms with E-state index in [2.05, 4.69) is 10.6 Å². The second kappa shape index (κ2) is 8.35. The van der Waals surface area contributed by atoms with Crippen LogP contribution in [0.3, 0.4) is 0 Å². The summed E-state index contributed by atoms with van der Waals surface area (Å²) in [6.07, 6.45) is 2.13. The van der Waals surface area contributed by atoms with Gasteiger partial charge in [0.25, 0.3) is 5.91 Å². The molecule has 1 amide bonds. The number of hydrogen-bond donors (Lipinski definition) is 2. The van der Waals surface area contributed by atoms with Crippen molar-refractivity contribution in [1.29, 1.82) is 0 Å².